The fourth-order valence-electron chi connectivity index (χ4n) is 4.33. The molecule has 40 heavy (non-hydrogen) atoms. The molecule has 2 amide bonds. The van der Waals surface area contributed by atoms with E-state index in [4.69, 9.17) is 0 Å². The van der Waals surface area contributed by atoms with Crippen LogP contribution in [0.5, 0.6) is 0 Å². The molecule has 0 fully saturated rings. The number of fused-ring (bicyclic) bond motifs is 2. The molecule has 0 bridgehead atoms. The third kappa shape index (κ3) is 5.25. The Morgan fingerprint density at radius 3 is 2.15 bits per heavy atom. The molecule has 0 saturated heterocycles. The normalized spacial score (nSPS) is 12.6. The van der Waals surface area contributed by atoms with E-state index in [1.807, 2.05) is 0 Å². The first-order valence-corrected chi connectivity index (χ1v) is 13.1. The molecular weight excluding hydrogens is 530 g/mol. The number of hydrogen-bond donors (Lipinski definition) is 2. The first-order chi connectivity index (χ1) is 19.2. The molecule has 0 aliphatic heterocycles. The fraction of sp³-hybridized carbons (Fsp3) is 0.0667. The summed E-state index contributed by atoms with van der Waals surface area (Å²) in [4.78, 5) is 62.9. The number of non-ortho nitro benzene ring substituents is 1. The maximum absolute atomic E-state index is 13.2. The maximum Gasteiger partial charge on any atom is 0.269 e. The van der Waals surface area contributed by atoms with E-state index in [1.165, 1.54) is 36.0 Å². The maximum atomic E-state index is 13.2. The number of benzene rings is 4. The summed E-state index contributed by atoms with van der Waals surface area (Å²) in [5.41, 5.74) is 1.97. The molecule has 0 saturated carbocycles. The Hall–Kier alpha value is -5.09. The molecular formula is C30H21N3O6S. The van der Waals surface area contributed by atoms with Gasteiger partial charge in [-0.25, -0.2) is 0 Å². The number of rotatable bonds is 7. The number of nitro benzene ring substituents is 1. The zero-order chi connectivity index (χ0) is 28.4. The first kappa shape index (κ1) is 26.5. The SMILES string of the molecule is CC(Sc1cccc(NC(=O)c2ccc([N+](=O)[O-])cc2)c1)C(=O)Nc1cccc2c1C(=O)c1ccccc1C2=O. The molecule has 0 radical (unpaired) electrons. The van der Waals surface area contributed by atoms with Gasteiger partial charge in [0.05, 0.1) is 21.4 Å². The lowest BCUT2D eigenvalue weighted by atomic mass is 9.83. The Labute approximate surface area is 232 Å². The van der Waals surface area contributed by atoms with Crippen molar-refractivity contribution < 1.29 is 24.1 Å². The molecule has 1 unspecified atom stereocenters. The van der Waals surface area contributed by atoms with Crippen LogP contribution in [0.2, 0.25) is 0 Å². The summed E-state index contributed by atoms with van der Waals surface area (Å²) in [6, 6.07) is 23.6. The van der Waals surface area contributed by atoms with E-state index in [2.05, 4.69) is 10.6 Å². The highest BCUT2D eigenvalue weighted by molar-refractivity contribution is 8.00. The van der Waals surface area contributed by atoms with E-state index in [0.29, 0.717) is 21.7 Å². The van der Waals surface area contributed by atoms with Gasteiger partial charge in [-0.15, -0.1) is 11.8 Å². The predicted octanol–water partition coefficient (Wildman–Crippen LogP) is 5.74. The predicted molar refractivity (Wildman–Crippen MR) is 151 cm³/mol. The van der Waals surface area contributed by atoms with Crippen molar-refractivity contribution in [1.29, 1.82) is 0 Å². The zero-order valence-electron chi connectivity index (χ0n) is 21.0. The lowest BCUT2D eigenvalue weighted by Crippen LogP contribution is -2.27. The van der Waals surface area contributed by atoms with E-state index < -0.39 is 16.1 Å². The fourth-order valence-corrected chi connectivity index (χ4v) is 5.25. The highest BCUT2D eigenvalue weighted by atomic mass is 32.2. The van der Waals surface area contributed by atoms with E-state index >= 15 is 0 Å². The van der Waals surface area contributed by atoms with Gasteiger partial charge in [-0.3, -0.25) is 29.3 Å². The van der Waals surface area contributed by atoms with Crippen molar-refractivity contribution in [3.63, 3.8) is 0 Å². The van der Waals surface area contributed by atoms with Crippen molar-refractivity contribution >= 4 is 52.2 Å². The highest BCUT2D eigenvalue weighted by Crippen LogP contribution is 2.33. The van der Waals surface area contributed by atoms with Crippen LogP contribution in [0, 0.1) is 10.1 Å². The minimum atomic E-state index is -0.585. The Morgan fingerprint density at radius 2 is 1.45 bits per heavy atom. The lowest BCUT2D eigenvalue weighted by molar-refractivity contribution is -0.384. The highest BCUT2D eigenvalue weighted by Gasteiger charge is 2.32. The van der Waals surface area contributed by atoms with E-state index in [0.717, 1.165) is 0 Å². The molecule has 10 heteroatoms. The number of hydrogen-bond acceptors (Lipinski definition) is 7. The van der Waals surface area contributed by atoms with E-state index in [9.17, 15) is 29.3 Å². The number of anilines is 2. The Bertz CT molecular complexity index is 1700. The van der Waals surface area contributed by atoms with E-state index in [1.54, 1.807) is 73.7 Å². The van der Waals surface area contributed by atoms with Crippen LogP contribution < -0.4 is 10.6 Å². The van der Waals surface area contributed by atoms with Crippen molar-refractivity contribution in [3.05, 3.63) is 129 Å². The van der Waals surface area contributed by atoms with Crippen LogP contribution >= 0.6 is 11.8 Å². The molecule has 198 valence electrons. The largest absolute Gasteiger partial charge is 0.324 e. The quantitative estimate of drug-likeness (QED) is 0.150. The van der Waals surface area contributed by atoms with Crippen LogP contribution in [0.3, 0.4) is 0 Å². The average molecular weight is 552 g/mol. The van der Waals surface area contributed by atoms with Gasteiger partial charge in [0, 0.05) is 45.0 Å². The molecule has 1 atom stereocenters. The number of nitrogens with one attached hydrogen (secondary N) is 2. The topological polar surface area (TPSA) is 135 Å². The van der Waals surface area contributed by atoms with Gasteiger partial charge < -0.3 is 10.6 Å². The molecule has 1 aliphatic carbocycles. The first-order valence-electron chi connectivity index (χ1n) is 12.2. The summed E-state index contributed by atoms with van der Waals surface area (Å²) in [5, 5.41) is 15.8. The number of nitro groups is 1. The van der Waals surface area contributed by atoms with Crippen LogP contribution in [0.25, 0.3) is 0 Å². The summed E-state index contributed by atoms with van der Waals surface area (Å²) in [6.07, 6.45) is 0. The number of carbonyl (C=O) groups excluding carboxylic acids is 4. The third-order valence-electron chi connectivity index (χ3n) is 6.32. The van der Waals surface area contributed by atoms with Crippen LogP contribution in [0.4, 0.5) is 17.1 Å². The van der Waals surface area contributed by atoms with Crippen molar-refractivity contribution in [2.45, 2.75) is 17.1 Å². The van der Waals surface area contributed by atoms with Crippen molar-refractivity contribution in [3.8, 4) is 0 Å². The molecule has 9 nitrogen and oxygen atoms in total. The minimum absolute atomic E-state index is 0.112. The Balaban J connectivity index is 1.27. The van der Waals surface area contributed by atoms with Crippen LogP contribution in [0.1, 0.15) is 49.1 Å². The summed E-state index contributed by atoms with van der Waals surface area (Å²) in [5.74, 6) is -1.38. The number of ketones is 2. The molecule has 1 aliphatic rings. The third-order valence-corrected chi connectivity index (χ3v) is 7.42. The van der Waals surface area contributed by atoms with Gasteiger partial charge in [0.2, 0.25) is 5.91 Å². The van der Waals surface area contributed by atoms with Gasteiger partial charge in [-0.1, -0.05) is 42.5 Å². The van der Waals surface area contributed by atoms with E-state index in [-0.39, 0.29) is 45.5 Å². The second-order valence-corrected chi connectivity index (χ2v) is 10.4. The number of thioether (sulfide) groups is 1. The van der Waals surface area contributed by atoms with Crippen molar-refractivity contribution in [1.82, 2.24) is 0 Å². The molecule has 0 aromatic heterocycles. The van der Waals surface area contributed by atoms with Gasteiger partial charge >= 0.3 is 0 Å². The van der Waals surface area contributed by atoms with Crippen LogP contribution in [-0.4, -0.2) is 33.6 Å². The van der Waals surface area contributed by atoms with Crippen molar-refractivity contribution in [2.75, 3.05) is 10.6 Å². The van der Waals surface area contributed by atoms with Crippen molar-refractivity contribution in [2.24, 2.45) is 0 Å². The molecule has 5 rings (SSSR count). The van der Waals surface area contributed by atoms with Gasteiger partial charge in [-0.2, -0.15) is 0 Å². The summed E-state index contributed by atoms with van der Waals surface area (Å²) in [6.45, 7) is 1.71. The smallest absolute Gasteiger partial charge is 0.269 e. The minimum Gasteiger partial charge on any atom is -0.324 e. The standard InChI is InChI=1S/C30H21N3O6S/c1-17(40-21-7-4-6-19(16-21)31-30(37)18-12-14-20(15-13-18)33(38)39)29(36)32-25-11-5-10-24-26(25)28(35)23-9-3-2-8-22(23)27(24)34/h2-17H,1H3,(H,31,37)(H,32,36). The molecule has 4 aromatic rings. The molecule has 2 N–H and O–H groups in total. The van der Waals surface area contributed by atoms with Gasteiger partial charge in [0.15, 0.2) is 11.6 Å². The van der Waals surface area contributed by atoms with Crippen LogP contribution in [0.15, 0.2) is 95.9 Å². The Morgan fingerprint density at radius 1 is 0.800 bits per heavy atom. The second kappa shape index (κ2) is 11.0. The monoisotopic (exact) mass is 551 g/mol. The van der Waals surface area contributed by atoms with Gasteiger partial charge in [-0.05, 0) is 43.3 Å². The molecule has 0 spiro atoms. The average Bonchev–Trinajstić information content (AvgIpc) is 2.96. The summed E-state index contributed by atoms with van der Waals surface area (Å²) in [7, 11) is 0. The lowest BCUT2D eigenvalue weighted by Gasteiger charge is -2.21. The van der Waals surface area contributed by atoms with Crippen LogP contribution in [-0.2, 0) is 4.79 Å². The molecule has 0 heterocycles. The number of carbonyl (C=O) groups is 4. The second-order valence-electron chi connectivity index (χ2n) is 8.97. The summed E-state index contributed by atoms with van der Waals surface area (Å²) < 4.78 is 0. The molecule has 4 aromatic carbocycles. The number of amides is 2. The number of nitrogens with zero attached hydrogens (tertiary/aromatic N) is 1. The Kier molecular flexibility index (Phi) is 7.26. The van der Waals surface area contributed by atoms with Gasteiger partial charge in [0.1, 0.15) is 0 Å². The summed E-state index contributed by atoms with van der Waals surface area (Å²) >= 11 is 1.25. The zero-order valence-corrected chi connectivity index (χ0v) is 21.9. The van der Waals surface area contributed by atoms with Gasteiger partial charge in [0.25, 0.3) is 11.6 Å².